The fraction of sp³-hybridized carbons (Fsp3) is 0.154. The van der Waals surface area contributed by atoms with Crippen LogP contribution in [0.3, 0.4) is 0 Å². The number of aryl methyl sites for hydroxylation is 2. The highest BCUT2D eigenvalue weighted by Crippen LogP contribution is 2.30. The molecular formula is C13H13N3S. The van der Waals surface area contributed by atoms with Crippen LogP contribution in [-0.4, -0.2) is 9.38 Å². The average Bonchev–Trinajstić information content (AvgIpc) is 2.83. The zero-order chi connectivity index (χ0) is 12.0. The number of fused-ring (bicyclic) bond motifs is 1. The summed E-state index contributed by atoms with van der Waals surface area (Å²) in [6, 6.07) is 6.45. The SMILES string of the molecule is Cc1ccc(-c2csc3cnc(N)n23)c(C)c1. The van der Waals surface area contributed by atoms with E-state index < -0.39 is 0 Å². The van der Waals surface area contributed by atoms with Gasteiger partial charge >= 0.3 is 0 Å². The smallest absolute Gasteiger partial charge is 0.206 e. The third-order valence-electron chi connectivity index (χ3n) is 2.95. The van der Waals surface area contributed by atoms with Crippen LogP contribution >= 0.6 is 11.3 Å². The van der Waals surface area contributed by atoms with Crippen LogP contribution in [0, 0.1) is 13.8 Å². The highest BCUT2D eigenvalue weighted by Gasteiger charge is 2.11. The van der Waals surface area contributed by atoms with Gasteiger partial charge in [-0.1, -0.05) is 23.8 Å². The number of hydrogen-bond acceptors (Lipinski definition) is 3. The number of nitrogens with zero attached hydrogens (tertiary/aromatic N) is 2. The molecule has 0 amide bonds. The number of benzene rings is 1. The lowest BCUT2D eigenvalue weighted by Gasteiger charge is -2.06. The van der Waals surface area contributed by atoms with E-state index in [1.165, 1.54) is 16.7 Å². The molecule has 2 N–H and O–H groups in total. The van der Waals surface area contributed by atoms with Gasteiger partial charge < -0.3 is 5.73 Å². The number of nitrogen functional groups attached to an aromatic ring is 1. The van der Waals surface area contributed by atoms with Gasteiger partial charge in [0.15, 0.2) is 0 Å². The maximum absolute atomic E-state index is 5.90. The summed E-state index contributed by atoms with van der Waals surface area (Å²) in [7, 11) is 0. The van der Waals surface area contributed by atoms with Crippen molar-refractivity contribution in [1.29, 1.82) is 0 Å². The predicted molar refractivity (Wildman–Crippen MR) is 72.4 cm³/mol. The van der Waals surface area contributed by atoms with E-state index in [-0.39, 0.29) is 0 Å². The van der Waals surface area contributed by atoms with E-state index in [4.69, 9.17) is 5.73 Å². The number of anilines is 1. The van der Waals surface area contributed by atoms with Crippen LogP contribution in [0.2, 0.25) is 0 Å². The Hall–Kier alpha value is -1.81. The zero-order valence-electron chi connectivity index (χ0n) is 9.77. The quantitative estimate of drug-likeness (QED) is 0.713. The second kappa shape index (κ2) is 3.60. The highest BCUT2D eigenvalue weighted by atomic mass is 32.1. The molecule has 0 unspecified atom stereocenters. The van der Waals surface area contributed by atoms with Crippen molar-refractivity contribution < 1.29 is 0 Å². The summed E-state index contributed by atoms with van der Waals surface area (Å²) < 4.78 is 2.00. The minimum absolute atomic E-state index is 0.552. The van der Waals surface area contributed by atoms with Crippen molar-refractivity contribution in [3.05, 3.63) is 40.9 Å². The van der Waals surface area contributed by atoms with E-state index >= 15 is 0 Å². The summed E-state index contributed by atoms with van der Waals surface area (Å²) in [5.41, 5.74) is 10.8. The lowest BCUT2D eigenvalue weighted by atomic mass is 10.0. The van der Waals surface area contributed by atoms with Crippen LogP contribution < -0.4 is 5.73 Å². The summed E-state index contributed by atoms with van der Waals surface area (Å²) in [5.74, 6) is 0.552. The average molecular weight is 243 g/mol. The van der Waals surface area contributed by atoms with E-state index in [2.05, 4.69) is 42.4 Å². The first-order valence-electron chi connectivity index (χ1n) is 5.45. The lowest BCUT2D eigenvalue weighted by Crippen LogP contribution is -1.95. The number of thiazole rings is 1. The fourth-order valence-corrected chi connectivity index (χ4v) is 3.00. The van der Waals surface area contributed by atoms with Gasteiger partial charge in [0, 0.05) is 10.9 Å². The van der Waals surface area contributed by atoms with Crippen molar-refractivity contribution >= 4 is 22.1 Å². The first-order valence-corrected chi connectivity index (χ1v) is 6.33. The first-order chi connectivity index (χ1) is 8.16. The molecule has 0 radical (unpaired) electrons. The molecule has 0 fully saturated rings. The Morgan fingerprint density at radius 3 is 2.88 bits per heavy atom. The lowest BCUT2D eigenvalue weighted by molar-refractivity contribution is 1.19. The highest BCUT2D eigenvalue weighted by molar-refractivity contribution is 7.16. The van der Waals surface area contributed by atoms with Crippen molar-refractivity contribution in [2.75, 3.05) is 5.73 Å². The van der Waals surface area contributed by atoms with Crippen LogP contribution in [0.1, 0.15) is 11.1 Å². The van der Waals surface area contributed by atoms with E-state index in [9.17, 15) is 0 Å². The Balaban J connectivity index is 2.30. The van der Waals surface area contributed by atoms with Crippen LogP contribution in [0.25, 0.3) is 16.1 Å². The van der Waals surface area contributed by atoms with Gasteiger partial charge in [-0.05, 0) is 19.4 Å². The number of imidazole rings is 1. The molecule has 2 aromatic heterocycles. The van der Waals surface area contributed by atoms with Crippen LogP contribution in [-0.2, 0) is 0 Å². The molecule has 1 aromatic carbocycles. The van der Waals surface area contributed by atoms with Crippen LogP contribution in [0.5, 0.6) is 0 Å². The molecule has 0 aliphatic carbocycles. The van der Waals surface area contributed by atoms with E-state index in [1.807, 2.05) is 10.6 Å². The summed E-state index contributed by atoms with van der Waals surface area (Å²) in [5, 5.41) is 2.13. The molecule has 86 valence electrons. The Morgan fingerprint density at radius 2 is 2.12 bits per heavy atom. The van der Waals surface area contributed by atoms with Gasteiger partial charge in [-0.25, -0.2) is 4.98 Å². The standard InChI is InChI=1S/C13H13N3S/c1-8-3-4-10(9(2)5-8)11-7-17-12-6-15-13(14)16(11)12/h3-7H,1-2H3,(H2,14,15). The molecule has 17 heavy (non-hydrogen) atoms. The van der Waals surface area contributed by atoms with Crippen molar-refractivity contribution in [2.24, 2.45) is 0 Å². The van der Waals surface area contributed by atoms with E-state index in [0.29, 0.717) is 5.95 Å². The Kier molecular flexibility index (Phi) is 2.19. The van der Waals surface area contributed by atoms with Gasteiger partial charge in [0.1, 0.15) is 4.83 Å². The Morgan fingerprint density at radius 1 is 1.29 bits per heavy atom. The van der Waals surface area contributed by atoms with Crippen LogP contribution in [0.15, 0.2) is 29.8 Å². The summed E-state index contributed by atoms with van der Waals surface area (Å²) >= 11 is 1.66. The normalized spacial score (nSPS) is 11.2. The van der Waals surface area contributed by atoms with Gasteiger partial charge in [-0.15, -0.1) is 11.3 Å². The van der Waals surface area contributed by atoms with Gasteiger partial charge in [0.05, 0.1) is 11.9 Å². The Bertz CT molecular complexity index is 694. The molecule has 0 spiro atoms. The molecule has 3 nitrogen and oxygen atoms in total. The topological polar surface area (TPSA) is 43.3 Å². The van der Waals surface area contributed by atoms with Crippen molar-refractivity contribution in [1.82, 2.24) is 9.38 Å². The molecule has 0 aliphatic rings. The molecule has 0 saturated carbocycles. The van der Waals surface area contributed by atoms with Gasteiger partial charge in [-0.2, -0.15) is 0 Å². The molecule has 3 rings (SSSR count). The largest absolute Gasteiger partial charge is 0.369 e. The zero-order valence-corrected chi connectivity index (χ0v) is 10.6. The van der Waals surface area contributed by atoms with Gasteiger partial charge in [0.2, 0.25) is 5.95 Å². The van der Waals surface area contributed by atoms with Gasteiger partial charge in [0.25, 0.3) is 0 Å². The van der Waals surface area contributed by atoms with Crippen molar-refractivity contribution in [3.63, 3.8) is 0 Å². The van der Waals surface area contributed by atoms with E-state index in [0.717, 1.165) is 10.5 Å². The van der Waals surface area contributed by atoms with Crippen molar-refractivity contribution in [2.45, 2.75) is 13.8 Å². The number of nitrogens with two attached hydrogens (primary N) is 1. The molecule has 0 atom stereocenters. The Labute approximate surface area is 104 Å². The third kappa shape index (κ3) is 1.52. The number of hydrogen-bond donors (Lipinski definition) is 1. The minimum atomic E-state index is 0.552. The van der Waals surface area contributed by atoms with Crippen LogP contribution in [0.4, 0.5) is 5.95 Å². The first kappa shape index (κ1) is 10.4. The third-order valence-corrected chi connectivity index (χ3v) is 3.82. The molecule has 3 aromatic rings. The molecule has 0 aliphatic heterocycles. The number of aromatic nitrogens is 2. The molecule has 0 saturated heterocycles. The summed E-state index contributed by atoms with van der Waals surface area (Å²) in [6.45, 7) is 4.23. The molecule has 4 heteroatoms. The van der Waals surface area contributed by atoms with Gasteiger partial charge in [-0.3, -0.25) is 4.40 Å². The number of rotatable bonds is 1. The summed E-state index contributed by atoms with van der Waals surface area (Å²) in [4.78, 5) is 5.22. The van der Waals surface area contributed by atoms with Crippen molar-refractivity contribution in [3.8, 4) is 11.3 Å². The minimum Gasteiger partial charge on any atom is -0.369 e. The maximum atomic E-state index is 5.90. The maximum Gasteiger partial charge on any atom is 0.206 e. The van der Waals surface area contributed by atoms with E-state index in [1.54, 1.807) is 11.3 Å². The second-order valence-electron chi connectivity index (χ2n) is 4.23. The molecular weight excluding hydrogens is 230 g/mol. The fourth-order valence-electron chi connectivity index (χ4n) is 2.13. The second-order valence-corrected chi connectivity index (χ2v) is 5.12. The summed E-state index contributed by atoms with van der Waals surface area (Å²) in [6.07, 6.45) is 1.81. The monoisotopic (exact) mass is 243 g/mol. The molecule has 0 bridgehead atoms. The predicted octanol–water partition coefficient (Wildman–Crippen LogP) is 3.26. The molecule has 2 heterocycles.